The number of likely N-dealkylation sites (tertiary alicyclic amines) is 1. The van der Waals surface area contributed by atoms with Gasteiger partial charge in [0.15, 0.2) is 5.96 Å². The van der Waals surface area contributed by atoms with Crippen molar-refractivity contribution in [1.82, 2.24) is 20.1 Å². The van der Waals surface area contributed by atoms with Crippen molar-refractivity contribution in [3.8, 4) is 0 Å². The minimum absolute atomic E-state index is 0.296. The number of pyridine rings is 1. The maximum atomic E-state index is 12.7. The van der Waals surface area contributed by atoms with Gasteiger partial charge in [-0.3, -0.25) is 9.98 Å². The van der Waals surface area contributed by atoms with Crippen LogP contribution in [-0.2, 0) is 11.3 Å². The number of hydrogen-bond donors (Lipinski definition) is 1. The van der Waals surface area contributed by atoms with Crippen LogP contribution in [0.15, 0.2) is 29.5 Å². The highest BCUT2D eigenvalue weighted by atomic mass is 16.6. The molecule has 0 bridgehead atoms. The number of guanidine groups is 1. The third-order valence-corrected chi connectivity index (χ3v) is 4.93. The predicted molar refractivity (Wildman–Crippen MR) is 117 cm³/mol. The minimum atomic E-state index is -0.518. The van der Waals surface area contributed by atoms with Gasteiger partial charge in [-0.15, -0.1) is 0 Å². The fraction of sp³-hybridized carbons (Fsp3) is 0.682. The van der Waals surface area contributed by atoms with Crippen LogP contribution in [0.4, 0.5) is 4.79 Å². The van der Waals surface area contributed by atoms with Gasteiger partial charge in [0.25, 0.3) is 0 Å². The van der Waals surface area contributed by atoms with Gasteiger partial charge in [-0.1, -0.05) is 13.0 Å². The van der Waals surface area contributed by atoms with Gasteiger partial charge in [0.1, 0.15) is 5.60 Å². The van der Waals surface area contributed by atoms with E-state index in [0.717, 1.165) is 43.5 Å². The van der Waals surface area contributed by atoms with Crippen LogP contribution < -0.4 is 5.32 Å². The Morgan fingerprint density at radius 2 is 2.10 bits per heavy atom. The molecule has 29 heavy (non-hydrogen) atoms. The van der Waals surface area contributed by atoms with E-state index in [9.17, 15) is 4.79 Å². The number of carbonyl (C=O) groups is 1. The lowest BCUT2D eigenvalue weighted by Gasteiger charge is -2.33. The zero-order valence-electron chi connectivity index (χ0n) is 18.6. The second-order valence-corrected chi connectivity index (χ2v) is 8.76. The van der Waals surface area contributed by atoms with Gasteiger partial charge in [-0.05, 0) is 57.6 Å². The average Bonchev–Trinajstić information content (AvgIpc) is 2.67. The van der Waals surface area contributed by atoms with Crippen LogP contribution in [0.5, 0.6) is 0 Å². The molecule has 0 aliphatic carbocycles. The molecule has 2 rings (SSSR count). The maximum absolute atomic E-state index is 12.7. The van der Waals surface area contributed by atoms with Crippen LogP contribution in [0.25, 0.3) is 0 Å². The van der Waals surface area contributed by atoms with Crippen molar-refractivity contribution in [2.45, 2.75) is 59.1 Å². The van der Waals surface area contributed by atoms with Crippen molar-refractivity contribution < 1.29 is 9.53 Å². The first-order chi connectivity index (χ1) is 13.8. The molecule has 7 nitrogen and oxygen atoms in total. The summed E-state index contributed by atoms with van der Waals surface area (Å²) in [6.07, 6.45) is 6.45. The Kier molecular flexibility index (Phi) is 8.73. The van der Waals surface area contributed by atoms with E-state index >= 15 is 0 Å². The van der Waals surface area contributed by atoms with E-state index in [1.807, 2.05) is 40.0 Å². The number of nitrogens with one attached hydrogen (secondary N) is 1. The Morgan fingerprint density at radius 1 is 1.38 bits per heavy atom. The number of nitrogens with zero attached hydrogens (tertiary/aromatic N) is 4. The van der Waals surface area contributed by atoms with Crippen LogP contribution in [0.3, 0.4) is 0 Å². The third-order valence-electron chi connectivity index (χ3n) is 4.93. The van der Waals surface area contributed by atoms with Gasteiger partial charge in [-0.25, -0.2) is 4.79 Å². The molecule has 162 valence electrons. The standard InChI is InChI=1S/C22H37N5O2/c1-18-9-14-26(15-10-18)20(23-5)25-12-7-13-27(21(28)29-22(2,3)4)17-19-8-6-11-24-16-19/h6,8,11,16,18H,7,9-10,12-15,17H2,1-5H3,(H,23,25). The fourth-order valence-corrected chi connectivity index (χ4v) is 3.30. The zero-order valence-corrected chi connectivity index (χ0v) is 18.6. The van der Waals surface area contributed by atoms with Crippen molar-refractivity contribution in [2.75, 3.05) is 33.2 Å². The number of piperidine rings is 1. The lowest BCUT2D eigenvalue weighted by atomic mass is 10.00. The molecule has 0 spiro atoms. The lowest BCUT2D eigenvalue weighted by Crippen LogP contribution is -2.46. The van der Waals surface area contributed by atoms with E-state index in [2.05, 4.69) is 27.1 Å². The SMILES string of the molecule is CN=C(NCCCN(Cc1cccnc1)C(=O)OC(C)(C)C)N1CCC(C)CC1. The summed E-state index contributed by atoms with van der Waals surface area (Å²) in [5.74, 6) is 1.74. The molecule has 0 atom stereocenters. The molecule has 1 fully saturated rings. The molecule has 0 radical (unpaired) electrons. The first-order valence-corrected chi connectivity index (χ1v) is 10.6. The van der Waals surface area contributed by atoms with Crippen molar-refractivity contribution >= 4 is 12.1 Å². The molecule has 1 aliphatic rings. The van der Waals surface area contributed by atoms with Crippen molar-refractivity contribution in [3.05, 3.63) is 30.1 Å². The van der Waals surface area contributed by atoms with E-state index in [1.165, 1.54) is 12.8 Å². The molecule has 1 amide bonds. The lowest BCUT2D eigenvalue weighted by molar-refractivity contribution is 0.0232. The molecule has 1 aromatic heterocycles. The fourth-order valence-electron chi connectivity index (χ4n) is 3.30. The number of aromatic nitrogens is 1. The van der Waals surface area contributed by atoms with Crippen LogP contribution in [0.1, 0.15) is 52.5 Å². The summed E-state index contributed by atoms with van der Waals surface area (Å²) in [5.41, 5.74) is 0.472. The van der Waals surface area contributed by atoms with Crippen LogP contribution in [-0.4, -0.2) is 65.7 Å². The van der Waals surface area contributed by atoms with Crippen LogP contribution in [0, 0.1) is 5.92 Å². The second kappa shape index (κ2) is 11.0. The zero-order chi connectivity index (χ0) is 21.3. The topological polar surface area (TPSA) is 70.1 Å². The summed E-state index contributed by atoms with van der Waals surface area (Å²) in [5, 5.41) is 3.45. The molecule has 1 aliphatic heterocycles. The summed E-state index contributed by atoms with van der Waals surface area (Å²) >= 11 is 0. The summed E-state index contributed by atoms with van der Waals surface area (Å²) in [6.45, 7) is 11.9. The van der Waals surface area contributed by atoms with Crippen LogP contribution >= 0.6 is 0 Å². The highest BCUT2D eigenvalue weighted by Gasteiger charge is 2.22. The number of hydrogen-bond acceptors (Lipinski definition) is 4. The van der Waals surface area contributed by atoms with E-state index in [-0.39, 0.29) is 6.09 Å². The largest absolute Gasteiger partial charge is 0.444 e. The van der Waals surface area contributed by atoms with E-state index < -0.39 is 5.60 Å². The molecule has 2 heterocycles. The minimum Gasteiger partial charge on any atom is -0.444 e. The Labute approximate surface area is 175 Å². The highest BCUT2D eigenvalue weighted by molar-refractivity contribution is 5.79. The summed E-state index contributed by atoms with van der Waals surface area (Å²) in [7, 11) is 1.83. The Morgan fingerprint density at radius 3 is 2.69 bits per heavy atom. The molecule has 1 aromatic rings. The molecular formula is C22H37N5O2. The van der Waals surface area contributed by atoms with E-state index in [4.69, 9.17) is 4.74 Å². The first kappa shape index (κ1) is 23.0. The van der Waals surface area contributed by atoms with Gasteiger partial charge in [0.2, 0.25) is 0 Å². The molecule has 0 aromatic carbocycles. The average molecular weight is 404 g/mol. The molecule has 7 heteroatoms. The third kappa shape index (κ3) is 8.30. The number of rotatable bonds is 6. The molecular weight excluding hydrogens is 366 g/mol. The molecule has 0 saturated carbocycles. The van der Waals surface area contributed by atoms with Crippen molar-refractivity contribution in [1.29, 1.82) is 0 Å². The van der Waals surface area contributed by atoms with Gasteiger partial charge in [0, 0.05) is 45.6 Å². The molecule has 1 N–H and O–H groups in total. The smallest absolute Gasteiger partial charge is 0.410 e. The normalized spacial score (nSPS) is 15.9. The molecule has 1 saturated heterocycles. The monoisotopic (exact) mass is 403 g/mol. The van der Waals surface area contributed by atoms with Gasteiger partial charge >= 0.3 is 6.09 Å². The number of amides is 1. The van der Waals surface area contributed by atoms with E-state index in [1.54, 1.807) is 17.3 Å². The van der Waals surface area contributed by atoms with Gasteiger partial charge in [0.05, 0.1) is 6.54 Å². The molecule has 0 unspecified atom stereocenters. The quantitative estimate of drug-likeness (QED) is 0.447. The highest BCUT2D eigenvalue weighted by Crippen LogP contribution is 2.16. The first-order valence-electron chi connectivity index (χ1n) is 10.6. The second-order valence-electron chi connectivity index (χ2n) is 8.76. The summed E-state index contributed by atoms with van der Waals surface area (Å²) < 4.78 is 5.59. The summed E-state index contributed by atoms with van der Waals surface area (Å²) in [4.78, 5) is 25.3. The number of ether oxygens (including phenoxy) is 1. The van der Waals surface area contributed by atoms with E-state index in [0.29, 0.717) is 13.1 Å². The van der Waals surface area contributed by atoms with Crippen LogP contribution in [0.2, 0.25) is 0 Å². The number of carbonyl (C=O) groups excluding carboxylic acids is 1. The van der Waals surface area contributed by atoms with Gasteiger partial charge in [-0.2, -0.15) is 0 Å². The Balaban J connectivity index is 1.87. The summed E-state index contributed by atoms with van der Waals surface area (Å²) in [6, 6.07) is 3.86. The maximum Gasteiger partial charge on any atom is 0.410 e. The Hall–Kier alpha value is -2.31. The van der Waals surface area contributed by atoms with Gasteiger partial charge < -0.3 is 19.9 Å². The Bertz CT molecular complexity index is 649. The van der Waals surface area contributed by atoms with Crippen molar-refractivity contribution in [2.24, 2.45) is 10.9 Å². The predicted octanol–water partition coefficient (Wildman–Crippen LogP) is 3.52. The number of aliphatic imine (C=N–C) groups is 1. The van der Waals surface area contributed by atoms with Crippen molar-refractivity contribution in [3.63, 3.8) is 0 Å².